The van der Waals surface area contributed by atoms with Crippen LogP contribution in [-0.4, -0.2) is 33.7 Å². The van der Waals surface area contributed by atoms with Crippen LogP contribution in [0.1, 0.15) is 29.4 Å². The average Bonchev–Trinajstić information content (AvgIpc) is 2.33. The molecule has 3 nitrogen and oxygen atoms in total. The van der Waals surface area contributed by atoms with E-state index >= 15 is 0 Å². The third kappa shape index (κ3) is 2.86. The summed E-state index contributed by atoms with van der Waals surface area (Å²) < 4.78 is 0. The summed E-state index contributed by atoms with van der Waals surface area (Å²) in [7, 11) is 0. The molecule has 0 N–H and O–H groups in total. The topological polar surface area (TPSA) is 33.2 Å². The lowest BCUT2D eigenvalue weighted by atomic mass is 9.98. The Hall–Kier alpha value is -0.900. The molecule has 0 bridgehead atoms. The van der Waals surface area contributed by atoms with Gasteiger partial charge in [-0.2, -0.15) is 0 Å². The fraction of sp³-hybridized carbons (Fsp3) is 0.538. The maximum Gasteiger partial charge on any atom is 0.255 e. The molecule has 92 valence electrons. The van der Waals surface area contributed by atoms with Gasteiger partial charge in [0.05, 0.1) is 5.56 Å². The fourth-order valence-corrected chi connectivity index (χ4v) is 2.60. The van der Waals surface area contributed by atoms with Crippen molar-refractivity contribution >= 4 is 21.8 Å². The molecule has 2 unspecified atom stereocenters. The predicted octanol–water partition coefficient (Wildman–Crippen LogP) is 2.64. The molecule has 0 radical (unpaired) electrons. The van der Waals surface area contributed by atoms with Crippen LogP contribution in [0.2, 0.25) is 0 Å². The van der Waals surface area contributed by atoms with E-state index in [0.29, 0.717) is 16.3 Å². The number of hydrogen-bond acceptors (Lipinski definition) is 2. The van der Waals surface area contributed by atoms with Gasteiger partial charge in [-0.25, -0.2) is 0 Å². The molecule has 0 aromatic carbocycles. The number of carbonyl (C=O) groups is 1. The van der Waals surface area contributed by atoms with E-state index in [0.717, 1.165) is 25.2 Å². The number of halogens is 1. The van der Waals surface area contributed by atoms with E-state index in [1.165, 1.54) is 0 Å². The summed E-state index contributed by atoms with van der Waals surface area (Å²) in [5, 5.41) is 0. The zero-order valence-corrected chi connectivity index (χ0v) is 11.8. The van der Waals surface area contributed by atoms with E-state index in [2.05, 4.69) is 27.8 Å². The van der Waals surface area contributed by atoms with Crippen molar-refractivity contribution in [2.45, 2.75) is 25.1 Å². The summed E-state index contributed by atoms with van der Waals surface area (Å²) >= 11 is 3.64. The van der Waals surface area contributed by atoms with Crippen LogP contribution in [-0.2, 0) is 0 Å². The van der Waals surface area contributed by atoms with Gasteiger partial charge in [-0.15, -0.1) is 0 Å². The summed E-state index contributed by atoms with van der Waals surface area (Å²) in [4.78, 5) is 18.7. The van der Waals surface area contributed by atoms with Crippen molar-refractivity contribution in [1.82, 2.24) is 9.88 Å². The second-order valence-electron chi connectivity index (χ2n) is 4.72. The van der Waals surface area contributed by atoms with Gasteiger partial charge in [-0.1, -0.05) is 22.9 Å². The number of hydrogen-bond donors (Lipinski definition) is 0. The number of alkyl halides is 1. The van der Waals surface area contributed by atoms with E-state index < -0.39 is 0 Å². The highest BCUT2D eigenvalue weighted by molar-refractivity contribution is 9.09. The molecule has 1 aromatic rings. The lowest BCUT2D eigenvalue weighted by molar-refractivity contribution is 0.0705. The highest BCUT2D eigenvalue weighted by Crippen LogP contribution is 2.24. The van der Waals surface area contributed by atoms with Crippen LogP contribution in [0.25, 0.3) is 0 Å². The minimum atomic E-state index is 0.0915. The van der Waals surface area contributed by atoms with Crippen LogP contribution in [0.4, 0.5) is 0 Å². The number of rotatable bonds is 1. The lowest BCUT2D eigenvalue weighted by Crippen LogP contribution is -2.43. The molecule has 17 heavy (non-hydrogen) atoms. The Morgan fingerprint density at radius 2 is 2.29 bits per heavy atom. The molecule has 2 heterocycles. The van der Waals surface area contributed by atoms with Crippen molar-refractivity contribution in [3.05, 3.63) is 29.6 Å². The first-order valence-electron chi connectivity index (χ1n) is 5.94. The van der Waals surface area contributed by atoms with Gasteiger partial charge in [-0.05, 0) is 31.4 Å². The van der Waals surface area contributed by atoms with Crippen molar-refractivity contribution in [2.24, 2.45) is 5.92 Å². The summed E-state index contributed by atoms with van der Waals surface area (Å²) in [6.07, 6.45) is 2.72. The number of likely N-dealkylation sites (tertiary alicyclic amines) is 1. The molecule has 1 saturated heterocycles. The first kappa shape index (κ1) is 12.6. The molecule has 1 aromatic heterocycles. The molecular weight excluding hydrogens is 280 g/mol. The zero-order chi connectivity index (χ0) is 12.4. The minimum absolute atomic E-state index is 0.0915. The Morgan fingerprint density at radius 1 is 1.53 bits per heavy atom. The van der Waals surface area contributed by atoms with E-state index in [-0.39, 0.29) is 5.91 Å². The number of pyridine rings is 1. The van der Waals surface area contributed by atoms with Gasteiger partial charge >= 0.3 is 0 Å². The van der Waals surface area contributed by atoms with Crippen LogP contribution < -0.4 is 0 Å². The maximum atomic E-state index is 12.2. The van der Waals surface area contributed by atoms with Gasteiger partial charge in [0.15, 0.2) is 0 Å². The summed E-state index contributed by atoms with van der Waals surface area (Å²) in [6.45, 7) is 5.77. The molecule has 0 spiro atoms. The summed E-state index contributed by atoms with van der Waals surface area (Å²) in [5.74, 6) is 0.726. The van der Waals surface area contributed by atoms with E-state index in [9.17, 15) is 4.79 Å². The number of carbonyl (C=O) groups excluding carboxylic acids is 1. The molecule has 2 atom stereocenters. The van der Waals surface area contributed by atoms with Gasteiger partial charge in [0.2, 0.25) is 0 Å². The largest absolute Gasteiger partial charge is 0.337 e. The number of aryl methyl sites for hydroxylation is 1. The monoisotopic (exact) mass is 296 g/mol. The molecule has 1 amide bonds. The molecule has 0 saturated carbocycles. The van der Waals surface area contributed by atoms with Crippen LogP contribution in [0, 0.1) is 12.8 Å². The highest BCUT2D eigenvalue weighted by atomic mass is 79.9. The third-order valence-electron chi connectivity index (χ3n) is 3.31. The van der Waals surface area contributed by atoms with Crippen LogP contribution in [0.15, 0.2) is 18.3 Å². The van der Waals surface area contributed by atoms with Crippen molar-refractivity contribution in [3.8, 4) is 0 Å². The first-order valence-corrected chi connectivity index (χ1v) is 6.85. The average molecular weight is 297 g/mol. The van der Waals surface area contributed by atoms with E-state index in [1.807, 2.05) is 24.0 Å². The molecule has 0 aliphatic carbocycles. The van der Waals surface area contributed by atoms with Gasteiger partial charge in [-0.3, -0.25) is 9.78 Å². The summed E-state index contributed by atoms with van der Waals surface area (Å²) in [5.41, 5.74) is 1.62. The van der Waals surface area contributed by atoms with Gasteiger partial charge in [0.1, 0.15) is 0 Å². The predicted molar refractivity (Wildman–Crippen MR) is 71.4 cm³/mol. The van der Waals surface area contributed by atoms with Gasteiger partial charge < -0.3 is 4.90 Å². The Kier molecular flexibility index (Phi) is 3.82. The Labute approximate surface area is 110 Å². The van der Waals surface area contributed by atoms with Gasteiger partial charge in [0, 0.05) is 29.8 Å². The normalized spacial score (nSPS) is 24.8. The summed E-state index contributed by atoms with van der Waals surface area (Å²) in [6, 6.07) is 3.73. The van der Waals surface area contributed by atoms with Gasteiger partial charge in [0.25, 0.3) is 5.91 Å². The Balaban J connectivity index is 2.08. The number of amides is 1. The van der Waals surface area contributed by atoms with E-state index in [4.69, 9.17) is 0 Å². The second-order valence-corrected chi connectivity index (χ2v) is 5.90. The second kappa shape index (κ2) is 5.17. The standard InChI is InChI=1S/C13H17BrN2O/c1-9-5-6-16(8-12(9)14)13(17)11-4-3-10(2)15-7-11/h3-4,7,9,12H,5-6,8H2,1-2H3. The van der Waals surface area contributed by atoms with Crippen LogP contribution >= 0.6 is 15.9 Å². The molecular formula is C13H17BrN2O. The maximum absolute atomic E-state index is 12.2. The van der Waals surface area contributed by atoms with Crippen molar-refractivity contribution < 1.29 is 4.79 Å². The van der Waals surface area contributed by atoms with Crippen molar-refractivity contribution in [3.63, 3.8) is 0 Å². The fourth-order valence-electron chi connectivity index (χ4n) is 1.98. The molecule has 1 aliphatic heterocycles. The minimum Gasteiger partial charge on any atom is -0.337 e. The molecule has 1 fully saturated rings. The highest BCUT2D eigenvalue weighted by Gasteiger charge is 2.27. The number of piperidine rings is 1. The smallest absolute Gasteiger partial charge is 0.255 e. The van der Waals surface area contributed by atoms with Crippen molar-refractivity contribution in [2.75, 3.05) is 13.1 Å². The zero-order valence-electron chi connectivity index (χ0n) is 10.2. The lowest BCUT2D eigenvalue weighted by Gasteiger charge is -2.34. The molecule has 2 rings (SSSR count). The van der Waals surface area contributed by atoms with E-state index in [1.54, 1.807) is 6.20 Å². The third-order valence-corrected chi connectivity index (χ3v) is 4.50. The quantitative estimate of drug-likeness (QED) is 0.747. The van der Waals surface area contributed by atoms with Crippen LogP contribution in [0.5, 0.6) is 0 Å². The Bertz CT molecular complexity index is 404. The number of nitrogens with zero attached hydrogens (tertiary/aromatic N) is 2. The Morgan fingerprint density at radius 3 is 2.88 bits per heavy atom. The first-order chi connectivity index (χ1) is 8.08. The molecule has 4 heteroatoms. The molecule has 1 aliphatic rings. The number of aromatic nitrogens is 1. The van der Waals surface area contributed by atoms with Crippen molar-refractivity contribution in [1.29, 1.82) is 0 Å². The van der Waals surface area contributed by atoms with Crippen LogP contribution in [0.3, 0.4) is 0 Å². The SMILES string of the molecule is Cc1ccc(C(=O)N2CCC(C)C(Br)C2)cn1.